The molecular formula is C30H42N4O2. The van der Waals surface area contributed by atoms with Crippen LogP contribution in [-0.2, 0) is 0 Å². The number of nitrogens with zero attached hydrogens (tertiary/aromatic N) is 2. The highest BCUT2D eigenvalue weighted by Gasteiger charge is 2.15. The lowest BCUT2D eigenvalue weighted by atomic mass is 9.99. The van der Waals surface area contributed by atoms with Crippen molar-refractivity contribution in [3.05, 3.63) is 47.8 Å². The van der Waals surface area contributed by atoms with Crippen molar-refractivity contribution in [3.63, 3.8) is 0 Å². The summed E-state index contributed by atoms with van der Waals surface area (Å²) in [6, 6.07) is 11.3. The summed E-state index contributed by atoms with van der Waals surface area (Å²) in [4.78, 5) is 35.1. The van der Waals surface area contributed by atoms with Gasteiger partial charge in [0.25, 0.3) is 11.8 Å². The number of unbranched alkanes of at least 4 members (excludes halogenated alkanes) is 2. The first-order valence-electron chi connectivity index (χ1n) is 13.8. The van der Waals surface area contributed by atoms with Crippen molar-refractivity contribution in [2.24, 2.45) is 11.8 Å². The Bertz CT molecular complexity index is 1070. The molecule has 1 aromatic carbocycles. The minimum Gasteiger partial charge on any atom is -0.350 e. The molecule has 2 unspecified atom stereocenters. The monoisotopic (exact) mass is 490 g/mol. The number of hydrogen-bond acceptors (Lipinski definition) is 4. The molecular weight excluding hydrogens is 448 g/mol. The zero-order chi connectivity index (χ0) is 25.9. The average molecular weight is 491 g/mol. The summed E-state index contributed by atoms with van der Waals surface area (Å²) in [6.07, 6.45) is 9.00. The lowest BCUT2D eigenvalue weighted by molar-refractivity contribution is 0.0933. The van der Waals surface area contributed by atoms with Crippen LogP contribution in [0.2, 0.25) is 0 Å². The maximum Gasteiger partial charge on any atom is 0.269 e. The first-order valence-corrected chi connectivity index (χ1v) is 13.8. The number of benzene rings is 1. The highest BCUT2D eigenvalue weighted by molar-refractivity contribution is 6.06. The molecule has 2 amide bonds. The summed E-state index contributed by atoms with van der Waals surface area (Å²) in [5.74, 6) is 0.616. The predicted molar refractivity (Wildman–Crippen MR) is 148 cm³/mol. The maximum absolute atomic E-state index is 12.9. The van der Waals surface area contributed by atoms with Crippen molar-refractivity contribution in [2.75, 3.05) is 13.1 Å². The molecule has 3 rings (SSSR count). The van der Waals surface area contributed by atoms with Crippen LogP contribution < -0.4 is 10.6 Å². The first-order chi connectivity index (χ1) is 17.5. The van der Waals surface area contributed by atoms with Crippen molar-refractivity contribution >= 4 is 33.6 Å². The normalized spacial score (nSPS) is 13.0. The van der Waals surface area contributed by atoms with Crippen LogP contribution in [0.1, 0.15) is 100 Å². The lowest BCUT2D eigenvalue weighted by Crippen LogP contribution is -2.30. The Hall–Kier alpha value is -3.02. The molecule has 6 heteroatoms. The van der Waals surface area contributed by atoms with E-state index in [9.17, 15) is 9.59 Å². The fraction of sp³-hybridized carbons (Fsp3) is 0.533. The summed E-state index contributed by atoms with van der Waals surface area (Å²) < 4.78 is 0. The number of fused-ring (bicyclic) bond motifs is 3. The van der Waals surface area contributed by atoms with E-state index in [-0.39, 0.29) is 11.8 Å². The van der Waals surface area contributed by atoms with Crippen LogP contribution in [0, 0.1) is 11.8 Å². The molecule has 3 aromatic rings. The largest absolute Gasteiger partial charge is 0.350 e. The Morgan fingerprint density at radius 3 is 1.42 bits per heavy atom. The second kappa shape index (κ2) is 13.9. The van der Waals surface area contributed by atoms with Crippen molar-refractivity contribution in [1.29, 1.82) is 0 Å². The summed E-state index contributed by atoms with van der Waals surface area (Å²) in [5, 5.41) is 7.91. The van der Waals surface area contributed by atoms with Gasteiger partial charge in [-0.1, -0.05) is 90.5 Å². The van der Waals surface area contributed by atoms with Gasteiger partial charge in [-0.3, -0.25) is 9.59 Å². The molecule has 2 atom stereocenters. The number of rotatable bonds is 14. The first kappa shape index (κ1) is 27.6. The van der Waals surface area contributed by atoms with Crippen molar-refractivity contribution in [1.82, 2.24) is 20.6 Å². The molecule has 2 aromatic heterocycles. The zero-order valence-electron chi connectivity index (χ0n) is 22.4. The summed E-state index contributed by atoms with van der Waals surface area (Å²) in [5.41, 5.74) is 2.03. The van der Waals surface area contributed by atoms with Gasteiger partial charge in [0.2, 0.25) is 0 Å². The molecule has 36 heavy (non-hydrogen) atoms. The molecule has 0 bridgehead atoms. The van der Waals surface area contributed by atoms with Crippen LogP contribution in [0.5, 0.6) is 0 Å². The van der Waals surface area contributed by atoms with Crippen molar-refractivity contribution < 1.29 is 9.59 Å². The fourth-order valence-electron chi connectivity index (χ4n) is 4.56. The van der Waals surface area contributed by atoms with E-state index in [2.05, 4.69) is 48.3 Å². The van der Waals surface area contributed by atoms with Gasteiger partial charge in [-0.05, 0) is 36.8 Å². The molecule has 6 nitrogen and oxygen atoms in total. The second-order valence-corrected chi connectivity index (χ2v) is 9.86. The summed E-state index contributed by atoms with van der Waals surface area (Å²) in [6.45, 7) is 10.0. The Morgan fingerprint density at radius 2 is 1.06 bits per heavy atom. The maximum atomic E-state index is 12.9. The molecule has 0 radical (unpaired) electrons. The number of pyridine rings is 2. The van der Waals surface area contributed by atoms with E-state index in [0.29, 0.717) is 47.3 Å². The topological polar surface area (TPSA) is 84.0 Å². The third-order valence-electron chi connectivity index (χ3n) is 7.17. The van der Waals surface area contributed by atoms with Gasteiger partial charge in [-0.25, -0.2) is 9.97 Å². The van der Waals surface area contributed by atoms with Gasteiger partial charge >= 0.3 is 0 Å². The molecule has 2 N–H and O–H groups in total. The van der Waals surface area contributed by atoms with Crippen LogP contribution in [-0.4, -0.2) is 34.9 Å². The number of nitrogens with one attached hydrogen (secondary N) is 2. The number of hydrogen-bond donors (Lipinski definition) is 2. The van der Waals surface area contributed by atoms with Gasteiger partial charge in [-0.2, -0.15) is 0 Å². The Morgan fingerprint density at radius 1 is 0.667 bits per heavy atom. The molecule has 0 saturated heterocycles. The average Bonchev–Trinajstić information content (AvgIpc) is 2.92. The van der Waals surface area contributed by atoms with Gasteiger partial charge in [0.1, 0.15) is 11.4 Å². The van der Waals surface area contributed by atoms with Crippen LogP contribution in [0.15, 0.2) is 36.4 Å². The number of amides is 2. The molecule has 2 heterocycles. The second-order valence-electron chi connectivity index (χ2n) is 9.86. The van der Waals surface area contributed by atoms with Gasteiger partial charge in [0.15, 0.2) is 0 Å². The van der Waals surface area contributed by atoms with Crippen LogP contribution in [0.3, 0.4) is 0 Å². The van der Waals surface area contributed by atoms with Gasteiger partial charge in [0.05, 0.1) is 11.0 Å². The van der Waals surface area contributed by atoms with Crippen LogP contribution >= 0.6 is 0 Å². The number of carbonyl (C=O) groups excluding carboxylic acids is 2. The Balaban J connectivity index is 1.80. The Kier molecular flexibility index (Phi) is 10.6. The molecule has 0 fully saturated rings. The van der Waals surface area contributed by atoms with E-state index in [0.717, 1.165) is 49.3 Å². The van der Waals surface area contributed by atoms with Gasteiger partial charge in [-0.15, -0.1) is 0 Å². The number of aromatic nitrogens is 2. The van der Waals surface area contributed by atoms with Gasteiger partial charge < -0.3 is 10.6 Å². The minimum atomic E-state index is -0.171. The molecule has 0 spiro atoms. The van der Waals surface area contributed by atoms with E-state index in [1.54, 1.807) is 12.1 Å². The van der Waals surface area contributed by atoms with Crippen molar-refractivity contribution in [3.8, 4) is 0 Å². The third-order valence-corrected chi connectivity index (χ3v) is 7.17. The highest BCUT2D eigenvalue weighted by Crippen LogP contribution is 2.23. The van der Waals surface area contributed by atoms with E-state index in [4.69, 9.17) is 0 Å². The smallest absolute Gasteiger partial charge is 0.269 e. The summed E-state index contributed by atoms with van der Waals surface area (Å²) in [7, 11) is 0. The third kappa shape index (κ3) is 7.25. The van der Waals surface area contributed by atoms with E-state index < -0.39 is 0 Å². The van der Waals surface area contributed by atoms with Gasteiger partial charge in [0, 0.05) is 23.9 Å². The quantitative estimate of drug-likeness (QED) is 0.247. The highest BCUT2D eigenvalue weighted by atomic mass is 16.2. The zero-order valence-corrected chi connectivity index (χ0v) is 22.4. The molecule has 0 aliphatic rings. The predicted octanol–water partition coefficient (Wildman–Crippen LogP) is 6.68. The van der Waals surface area contributed by atoms with E-state index in [1.165, 1.54) is 12.8 Å². The molecule has 0 aliphatic carbocycles. The summed E-state index contributed by atoms with van der Waals surface area (Å²) >= 11 is 0. The minimum absolute atomic E-state index is 0.171. The molecule has 0 aliphatic heterocycles. The van der Waals surface area contributed by atoms with E-state index >= 15 is 0 Å². The van der Waals surface area contributed by atoms with Crippen molar-refractivity contribution in [2.45, 2.75) is 79.1 Å². The fourth-order valence-corrected chi connectivity index (χ4v) is 4.56. The van der Waals surface area contributed by atoms with E-state index in [1.807, 2.05) is 24.3 Å². The van der Waals surface area contributed by atoms with Crippen LogP contribution in [0.4, 0.5) is 0 Å². The standard InChI is InChI=1S/C30H42N4O2/c1-5-9-11-21(7-3)19-31-29(35)25-17-15-23-13-14-24-16-18-26(34-28(24)27(23)33-25)30(36)32-20-22(8-4)12-10-6-2/h13-18,21-22H,5-12,19-20H2,1-4H3,(H,31,35)(H,32,36). The SMILES string of the molecule is CCCCC(CC)CNC(=O)c1ccc2ccc3ccc(C(=O)NCC(CC)CCCC)nc3c2n1. The molecule has 0 saturated carbocycles. The van der Waals surface area contributed by atoms with Crippen LogP contribution in [0.25, 0.3) is 21.8 Å². The molecule has 194 valence electrons. The Labute approximate surface area is 215 Å². The number of carbonyl (C=O) groups is 2. The lowest BCUT2D eigenvalue weighted by Gasteiger charge is -2.15.